The van der Waals surface area contributed by atoms with Crippen LogP contribution in [0.5, 0.6) is 0 Å². The molecular weight excluding hydrogens is 390 g/mol. The highest BCUT2D eigenvalue weighted by Gasteiger charge is 2.27. The topological polar surface area (TPSA) is 97.2 Å². The van der Waals surface area contributed by atoms with Crippen LogP contribution in [-0.4, -0.2) is 46.5 Å². The largest absolute Gasteiger partial charge is 0.324 e. The number of nitrogens with zero attached hydrogens (tertiary/aromatic N) is 4. The molecule has 1 N–H and O–H groups in total. The molecule has 0 bridgehead atoms. The van der Waals surface area contributed by atoms with Crippen LogP contribution in [0.2, 0.25) is 0 Å². The SMILES string of the molecule is O=C(Cn1nccc1-c1ccncc1)Nc1cccc(S(=O)(=O)N2CCCC2)c1. The van der Waals surface area contributed by atoms with E-state index in [1.165, 1.54) is 10.4 Å². The highest BCUT2D eigenvalue weighted by atomic mass is 32.2. The number of carbonyl (C=O) groups excluding carboxylic acids is 1. The Bertz CT molecular complexity index is 1110. The van der Waals surface area contributed by atoms with Crippen LogP contribution in [0.1, 0.15) is 12.8 Å². The molecule has 3 aromatic rings. The minimum absolute atomic E-state index is 0.00770. The van der Waals surface area contributed by atoms with E-state index in [0.29, 0.717) is 18.8 Å². The predicted molar refractivity (Wildman–Crippen MR) is 109 cm³/mol. The lowest BCUT2D eigenvalue weighted by Gasteiger charge is -2.16. The Kier molecular flexibility index (Phi) is 5.41. The van der Waals surface area contributed by atoms with Gasteiger partial charge in [0, 0.05) is 42.9 Å². The van der Waals surface area contributed by atoms with Crippen molar-refractivity contribution in [3.63, 3.8) is 0 Å². The first-order valence-electron chi connectivity index (χ1n) is 9.36. The molecule has 1 saturated heterocycles. The fraction of sp³-hybridized carbons (Fsp3) is 0.250. The molecule has 3 heterocycles. The van der Waals surface area contributed by atoms with E-state index in [2.05, 4.69) is 15.4 Å². The predicted octanol–water partition coefficient (Wildman–Crippen LogP) is 2.37. The Morgan fingerprint density at radius 3 is 2.55 bits per heavy atom. The summed E-state index contributed by atoms with van der Waals surface area (Å²) in [6.45, 7) is 1.08. The maximum absolute atomic E-state index is 12.7. The lowest BCUT2D eigenvalue weighted by atomic mass is 10.2. The zero-order valence-corrected chi connectivity index (χ0v) is 16.5. The van der Waals surface area contributed by atoms with Gasteiger partial charge in [0.2, 0.25) is 15.9 Å². The molecule has 1 aromatic carbocycles. The number of sulfonamides is 1. The molecule has 0 radical (unpaired) electrons. The molecule has 1 fully saturated rings. The van der Waals surface area contributed by atoms with Crippen molar-refractivity contribution in [3.8, 4) is 11.3 Å². The molecular formula is C20H21N5O3S. The van der Waals surface area contributed by atoms with Gasteiger partial charge in [-0.1, -0.05) is 6.07 Å². The normalized spacial score (nSPS) is 14.8. The van der Waals surface area contributed by atoms with Gasteiger partial charge in [-0.15, -0.1) is 0 Å². The van der Waals surface area contributed by atoms with E-state index < -0.39 is 10.0 Å². The van der Waals surface area contributed by atoms with Crippen LogP contribution in [-0.2, 0) is 21.4 Å². The average Bonchev–Trinajstić information content (AvgIpc) is 3.41. The summed E-state index contributed by atoms with van der Waals surface area (Å²) in [5.74, 6) is -0.292. The van der Waals surface area contributed by atoms with Gasteiger partial charge >= 0.3 is 0 Å². The van der Waals surface area contributed by atoms with Gasteiger partial charge in [0.15, 0.2) is 0 Å². The molecule has 0 unspecified atom stereocenters. The Balaban J connectivity index is 1.48. The number of hydrogen-bond donors (Lipinski definition) is 1. The molecule has 1 aliphatic heterocycles. The first-order valence-corrected chi connectivity index (χ1v) is 10.8. The van der Waals surface area contributed by atoms with E-state index in [4.69, 9.17) is 0 Å². The monoisotopic (exact) mass is 411 g/mol. The van der Waals surface area contributed by atoms with Crippen LogP contribution >= 0.6 is 0 Å². The minimum Gasteiger partial charge on any atom is -0.324 e. The van der Waals surface area contributed by atoms with Gasteiger partial charge in [0.05, 0.1) is 10.6 Å². The van der Waals surface area contributed by atoms with E-state index in [1.807, 2.05) is 18.2 Å². The molecule has 0 saturated carbocycles. The first kappa shape index (κ1) is 19.3. The number of nitrogens with one attached hydrogen (secondary N) is 1. The van der Waals surface area contributed by atoms with Gasteiger partial charge in [-0.25, -0.2) is 8.42 Å². The van der Waals surface area contributed by atoms with Crippen molar-refractivity contribution in [3.05, 3.63) is 61.1 Å². The van der Waals surface area contributed by atoms with E-state index in [-0.39, 0.29) is 17.3 Å². The van der Waals surface area contributed by atoms with Crippen LogP contribution in [0.15, 0.2) is 66.0 Å². The van der Waals surface area contributed by atoms with Crippen LogP contribution in [0.4, 0.5) is 5.69 Å². The minimum atomic E-state index is -3.53. The van der Waals surface area contributed by atoms with Gasteiger partial charge in [-0.3, -0.25) is 14.5 Å². The van der Waals surface area contributed by atoms with Gasteiger partial charge in [-0.2, -0.15) is 9.40 Å². The summed E-state index contributed by atoms with van der Waals surface area (Å²) in [6, 6.07) is 11.9. The van der Waals surface area contributed by atoms with Crippen molar-refractivity contribution < 1.29 is 13.2 Å². The molecule has 9 heteroatoms. The smallest absolute Gasteiger partial charge is 0.246 e. The van der Waals surface area contributed by atoms with Crippen molar-refractivity contribution in [2.75, 3.05) is 18.4 Å². The Hall–Kier alpha value is -3.04. The van der Waals surface area contributed by atoms with Gasteiger partial charge in [-0.05, 0) is 49.2 Å². The van der Waals surface area contributed by atoms with E-state index in [9.17, 15) is 13.2 Å². The van der Waals surface area contributed by atoms with Crippen molar-refractivity contribution in [1.29, 1.82) is 0 Å². The number of rotatable bonds is 6. The lowest BCUT2D eigenvalue weighted by molar-refractivity contribution is -0.116. The maximum atomic E-state index is 12.7. The fourth-order valence-corrected chi connectivity index (χ4v) is 4.94. The summed E-state index contributed by atoms with van der Waals surface area (Å²) in [4.78, 5) is 16.7. The number of carbonyl (C=O) groups is 1. The van der Waals surface area contributed by atoms with Gasteiger partial charge in [0.1, 0.15) is 6.54 Å². The molecule has 8 nitrogen and oxygen atoms in total. The lowest BCUT2D eigenvalue weighted by Crippen LogP contribution is -2.28. The number of pyridine rings is 1. The highest BCUT2D eigenvalue weighted by molar-refractivity contribution is 7.89. The molecule has 2 aromatic heterocycles. The third-order valence-electron chi connectivity index (χ3n) is 4.81. The molecule has 0 atom stereocenters. The number of aromatic nitrogens is 3. The summed E-state index contributed by atoms with van der Waals surface area (Å²) >= 11 is 0. The van der Waals surface area contributed by atoms with Crippen LogP contribution < -0.4 is 5.32 Å². The number of anilines is 1. The maximum Gasteiger partial charge on any atom is 0.246 e. The highest BCUT2D eigenvalue weighted by Crippen LogP contribution is 2.23. The van der Waals surface area contributed by atoms with Crippen LogP contribution in [0.3, 0.4) is 0 Å². The standard InChI is InChI=1S/C20H21N5O3S/c26-20(15-25-19(8-11-22-25)16-6-9-21-10-7-16)23-17-4-3-5-18(14-17)29(27,28)24-12-1-2-13-24/h3-11,14H,1-2,12-13,15H2,(H,23,26). The summed E-state index contributed by atoms with van der Waals surface area (Å²) in [7, 11) is -3.53. The van der Waals surface area contributed by atoms with E-state index >= 15 is 0 Å². The molecule has 0 spiro atoms. The van der Waals surface area contributed by atoms with Gasteiger partial charge in [0.25, 0.3) is 0 Å². The zero-order chi connectivity index (χ0) is 20.3. The van der Waals surface area contributed by atoms with Crippen LogP contribution in [0, 0.1) is 0 Å². The van der Waals surface area contributed by atoms with Crippen molar-refractivity contribution in [2.24, 2.45) is 0 Å². The fourth-order valence-electron chi connectivity index (χ4n) is 3.37. The molecule has 1 amide bonds. The van der Waals surface area contributed by atoms with Crippen molar-refractivity contribution in [1.82, 2.24) is 19.1 Å². The van der Waals surface area contributed by atoms with Crippen LogP contribution in [0.25, 0.3) is 11.3 Å². The summed E-state index contributed by atoms with van der Waals surface area (Å²) in [5, 5.41) is 6.98. The Morgan fingerprint density at radius 2 is 1.79 bits per heavy atom. The van der Waals surface area contributed by atoms with Gasteiger partial charge < -0.3 is 5.32 Å². The second-order valence-electron chi connectivity index (χ2n) is 6.80. The number of hydrogen-bond acceptors (Lipinski definition) is 5. The molecule has 1 aliphatic rings. The number of amides is 1. The van der Waals surface area contributed by atoms with Crippen molar-refractivity contribution >= 4 is 21.6 Å². The third-order valence-corrected chi connectivity index (χ3v) is 6.70. The second-order valence-corrected chi connectivity index (χ2v) is 8.74. The molecule has 29 heavy (non-hydrogen) atoms. The molecule has 0 aliphatic carbocycles. The van der Waals surface area contributed by atoms with Crippen molar-refractivity contribution in [2.45, 2.75) is 24.3 Å². The van der Waals surface area contributed by atoms with E-state index in [0.717, 1.165) is 24.1 Å². The third kappa shape index (κ3) is 4.20. The number of benzene rings is 1. The quantitative estimate of drug-likeness (QED) is 0.672. The summed E-state index contributed by atoms with van der Waals surface area (Å²) in [5.41, 5.74) is 2.14. The Labute approximate surface area is 169 Å². The summed E-state index contributed by atoms with van der Waals surface area (Å²) < 4.78 is 28.5. The average molecular weight is 411 g/mol. The van der Waals surface area contributed by atoms with E-state index in [1.54, 1.807) is 41.5 Å². The zero-order valence-electron chi connectivity index (χ0n) is 15.7. The molecule has 4 rings (SSSR count). The summed E-state index contributed by atoms with van der Waals surface area (Å²) in [6.07, 6.45) is 6.74. The molecule has 150 valence electrons. The second kappa shape index (κ2) is 8.14. The first-order chi connectivity index (χ1) is 14.0. The Morgan fingerprint density at radius 1 is 1.03 bits per heavy atom.